The van der Waals surface area contributed by atoms with Crippen molar-refractivity contribution in [2.75, 3.05) is 6.61 Å². The number of aliphatic hydroxyl groups excluding tert-OH is 2. The summed E-state index contributed by atoms with van der Waals surface area (Å²) < 4.78 is 1.20. The van der Waals surface area contributed by atoms with Crippen LogP contribution < -0.4 is 11.2 Å². The zero-order valence-electron chi connectivity index (χ0n) is 10.6. The van der Waals surface area contributed by atoms with Crippen LogP contribution in [0, 0.1) is 0 Å². The van der Waals surface area contributed by atoms with E-state index in [1.807, 2.05) is 6.92 Å². The molecule has 3 N–H and O–H groups in total. The Hall–Kier alpha value is -1.12. The maximum atomic E-state index is 11.8. The molecule has 2 rings (SSSR count). The molecule has 0 saturated carbocycles. The minimum absolute atomic E-state index is 0.151. The van der Waals surface area contributed by atoms with Crippen LogP contribution in [0.15, 0.2) is 9.59 Å². The lowest BCUT2D eigenvalue weighted by Gasteiger charge is -2.12. The first-order chi connectivity index (χ1) is 9.06. The molecule has 8 heteroatoms. The van der Waals surface area contributed by atoms with Crippen molar-refractivity contribution < 1.29 is 10.2 Å². The fraction of sp³-hybridized carbons (Fsp3) is 0.727. The van der Waals surface area contributed by atoms with Gasteiger partial charge in [0.2, 0.25) is 0 Å². The van der Waals surface area contributed by atoms with E-state index in [0.29, 0.717) is 18.5 Å². The van der Waals surface area contributed by atoms with Crippen LogP contribution in [-0.4, -0.2) is 42.9 Å². The molecule has 1 aliphatic rings. The second-order valence-electron chi connectivity index (χ2n) is 4.52. The van der Waals surface area contributed by atoms with Gasteiger partial charge in [0, 0.05) is 6.42 Å². The summed E-state index contributed by atoms with van der Waals surface area (Å²) in [7, 11) is 0. The molecule has 1 aromatic heterocycles. The lowest BCUT2D eigenvalue weighted by atomic mass is 10.2. The molecule has 0 aliphatic carbocycles. The molecule has 0 aromatic carbocycles. The van der Waals surface area contributed by atoms with E-state index in [-0.39, 0.29) is 17.2 Å². The predicted molar refractivity (Wildman–Crippen MR) is 71.2 cm³/mol. The Labute approximate surface area is 113 Å². The molecule has 0 spiro atoms. The van der Waals surface area contributed by atoms with Gasteiger partial charge in [0.1, 0.15) is 11.1 Å². The van der Waals surface area contributed by atoms with Crippen LogP contribution in [0.25, 0.3) is 0 Å². The van der Waals surface area contributed by atoms with Crippen LogP contribution in [0.1, 0.15) is 30.8 Å². The molecule has 3 atom stereocenters. The third kappa shape index (κ3) is 2.90. The zero-order valence-corrected chi connectivity index (χ0v) is 11.4. The first-order valence-electron chi connectivity index (χ1n) is 6.23. The van der Waals surface area contributed by atoms with Gasteiger partial charge >= 0.3 is 5.69 Å². The number of aliphatic hydroxyl groups is 2. The fourth-order valence-electron chi connectivity index (χ4n) is 2.07. The standard InChI is InChI=1S/C11H17N3O4S/c1-2-3-6-10(17)12-11(18)14(13-6)9-4-7(16)8(5-15)19-9/h7-9,15-16H,2-5H2,1H3,(H,12,17,18)/t7-,8+,9+/m0/s1. The summed E-state index contributed by atoms with van der Waals surface area (Å²) in [6, 6.07) is 0. The second-order valence-corrected chi connectivity index (χ2v) is 5.94. The molecule has 106 valence electrons. The highest BCUT2D eigenvalue weighted by atomic mass is 32.2. The van der Waals surface area contributed by atoms with Gasteiger partial charge in [-0.05, 0) is 6.42 Å². The molecular formula is C11H17N3O4S. The summed E-state index contributed by atoms with van der Waals surface area (Å²) in [5.41, 5.74) is -0.705. The Morgan fingerprint density at radius 2 is 2.26 bits per heavy atom. The summed E-state index contributed by atoms with van der Waals surface area (Å²) in [4.78, 5) is 25.6. The average Bonchev–Trinajstić information content (AvgIpc) is 2.74. The van der Waals surface area contributed by atoms with E-state index in [1.54, 1.807) is 0 Å². The van der Waals surface area contributed by atoms with Crippen LogP contribution in [0.4, 0.5) is 0 Å². The van der Waals surface area contributed by atoms with Crippen LogP contribution in [0.2, 0.25) is 0 Å². The number of hydrogen-bond acceptors (Lipinski definition) is 6. The first-order valence-corrected chi connectivity index (χ1v) is 7.17. The Kier molecular flexibility index (Phi) is 4.43. The summed E-state index contributed by atoms with van der Waals surface area (Å²) >= 11 is 1.30. The van der Waals surface area contributed by atoms with Crippen molar-refractivity contribution in [1.29, 1.82) is 0 Å². The lowest BCUT2D eigenvalue weighted by Crippen LogP contribution is -2.36. The monoisotopic (exact) mass is 287 g/mol. The number of aromatic amines is 1. The van der Waals surface area contributed by atoms with Crippen LogP contribution in [0.3, 0.4) is 0 Å². The highest BCUT2D eigenvalue weighted by molar-refractivity contribution is 8.00. The molecule has 1 saturated heterocycles. The lowest BCUT2D eigenvalue weighted by molar-refractivity contribution is 0.136. The number of H-pyrrole nitrogens is 1. The van der Waals surface area contributed by atoms with Crippen molar-refractivity contribution in [2.45, 2.75) is 42.9 Å². The number of aryl methyl sites for hydroxylation is 1. The molecule has 0 radical (unpaired) electrons. The van der Waals surface area contributed by atoms with Gasteiger partial charge in [-0.1, -0.05) is 13.3 Å². The molecule has 0 unspecified atom stereocenters. The summed E-state index contributed by atoms with van der Waals surface area (Å²) in [5.74, 6) is 0. The molecule has 1 aromatic rings. The quantitative estimate of drug-likeness (QED) is 0.672. The van der Waals surface area contributed by atoms with E-state index in [4.69, 9.17) is 5.11 Å². The van der Waals surface area contributed by atoms with Gasteiger partial charge < -0.3 is 10.2 Å². The van der Waals surface area contributed by atoms with Crippen LogP contribution in [-0.2, 0) is 6.42 Å². The SMILES string of the molecule is CCCc1nn([C@H]2C[C@H](O)[C@@H](CO)S2)c(=O)[nH]c1=O. The number of nitrogens with zero attached hydrogens (tertiary/aromatic N) is 2. The highest BCUT2D eigenvalue weighted by Crippen LogP contribution is 2.40. The van der Waals surface area contributed by atoms with Crippen LogP contribution >= 0.6 is 11.8 Å². The minimum atomic E-state index is -0.671. The molecule has 19 heavy (non-hydrogen) atoms. The predicted octanol–water partition coefficient (Wildman–Crippen LogP) is -0.759. The zero-order chi connectivity index (χ0) is 14.0. The van der Waals surface area contributed by atoms with E-state index in [2.05, 4.69) is 10.1 Å². The van der Waals surface area contributed by atoms with Gasteiger partial charge in [-0.25, -0.2) is 9.48 Å². The van der Waals surface area contributed by atoms with Gasteiger partial charge in [-0.2, -0.15) is 5.10 Å². The van der Waals surface area contributed by atoms with Crippen molar-refractivity contribution in [1.82, 2.24) is 14.8 Å². The Balaban J connectivity index is 2.33. The maximum Gasteiger partial charge on any atom is 0.345 e. The van der Waals surface area contributed by atoms with Crippen LogP contribution in [0.5, 0.6) is 0 Å². The second kappa shape index (κ2) is 5.89. The smallest absolute Gasteiger partial charge is 0.345 e. The van der Waals surface area contributed by atoms with Crippen molar-refractivity contribution in [2.24, 2.45) is 0 Å². The maximum absolute atomic E-state index is 11.8. The van der Waals surface area contributed by atoms with E-state index in [1.165, 1.54) is 16.4 Å². The summed E-state index contributed by atoms with van der Waals surface area (Å²) in [6.07, 6.45) is 0.920. The number of aromatic nitrogens is 3. The number of rotatable bonds is 4. The van der Waals surface area contributed by atoms with Gasteiger partial charge in [0.25, 0.3) is 5.56 Å². The topological polar surface area (TPSA) is 108 Å². The summed E-state index contributed by atoms with van der Waals surface area (Å²) in [6.45, 7) is 1.77. The van der Waals surface area contributed by atoms with Crippen molar-refractivity contribution >= 4 is 11.8 Å². The Bertz CT molecular complexity index is 556. The van der Waals surface area contributed by atoms with Gasteiger partial charge in [-0.15, -0.1) is 11.8 Å². The van der Waals surface area contributed by atoms with Crippen molar-refractivity contribution in [3.63, 3.8) is 0 Å². The first kappa shape index (κ1) is 14.3. The Morgan fingerprint density at radius 3 is 2.84 bits per heavy atom. The molecular weight excluding hydrogens is 270 g/mol. The molecule has 1 fully saturated rings. The number of thioether (sulfide) groups is 1. The van der Waals surface area contributed by atoms with Gasteiger partial charge in [0.15, 0.2) is 0 Å². The number of nitrogens with one attached hydrogen (secondary N) is 1. The molecule has 2 heterocycles. The fourth-order valence-corrected chi connectivity index (χ4v) is 3.42. The van der Waals surface area contributed by atoms with E-state index < -0.39 is 17.4 Å². The van der Waals surface area contributed by atoms with Gasteiger partial charge in [0.05, 0.1) is 18.0 Å². The van der Waals surface area contributed by atoms with Crippen molar-refractivity contribution in [3.05, 3.63) is 26.5 Å². The Morgan fingerprint density at radius 1 is 1.53 bits per heavy atom. The summed E-state index contributed by atoms with van der Waals surface area (Å²) in [5, 5.41) is 22.3. The van der Waals surface area contributed by atoms with E-state index in [9.17, 15) is 14.7 Å². The molecule has 0 amide bonds. The minimum Gasteiger partial charge on any atom is -0.395 e. The third-order valence-electron chi connectivity index (χ3n) is 3.06. The molecule has 7 nitrogen and oxygen atoms in total. The van der Waals surface area contributed by atoms with E-state index >= 15 is 0 Å². The normalized spacial score (nSPS) is 26.8. The highest BCUT2D eigenvalue weighted by Gasteiger charge is 2.35. The third-order valence-corrected chi connectivity index (χ3v) is 4.58. The largest absolute Gasteiger partial charge is 0.395 e. The van der Waals surface area contributed by atoms with Gasteiger partial charge in [-0.3, -0.25) is 9.78 Å². The molecule has 0 bridgehead atoms. The van der Waals surface area contributed by atoms with Crippen molar-refractivity contribution in [3.8, 4) is 0 Å². The number of hydrogen-bond donors (Lipinski definition) is 3. The molecule has 1 aliphatic heterocycles. The average molecular weight is 287 g/mol. The van der Waals surface area contributed by atoms with E-state index in [0.717, 1.165) is 6.42 Å².